The lowest BCUT2D eigenvalue weighted by Crippen LogP contribution is -2.25. The normalized spacial score (nSPS) is 21.8. The summed E-state index contributed by atoms with van der Waals surface area (Å²) in [7, 11) is 0. The van der Waals surface area contributed by atoms with Crippen LogP contribution in [0.2, 0.25) is 0 Å². The van der Waals surface area contributed by atoms with Crippen LogP contribution in [0.4, 0.5) is 0 Å². The number of nitriles is 2. The Bertz CT molecular complexity index is 858. The molecule has 2 aromatic heterocycles. The molecule has 102 valence electrons. The van der Waals surface area contributed by atoms with Crippen LogP contribution >= 0.6 is 0 Å². The number of fused-ring (bicyclic) bond motifs is 1. The first kappa shape index (κ1) is 13.0. The van der Waals surface area contributed by atoms with Gasteiger partial charge in [0.2, 0.25) is 0 Å². The van der Waals surface area contributed by atoms with Crippen molar-refractivity contribution in [2.24, 2.45) is 10.9 Å². The Balaban J connectivity index is 2.20. The number of aromatic nitrogens is 3. The molecule has 6 heteroatoms. The van der Waals surface area contributed by atoms with Gasteiger partial charge in [-0.2, -0.15) is 15.6 Å². The zero-order chi connectivity index (χ0) is 15.0. The van der Waals surface area contributed by atoms with Gasteiger partial charge in [0, 0.05) is 11.1 Å². The molecule has 1 N–H and O–H groups in total. The molecule has 0 aromatic carbocycles. The number of pyridine rings is 1. The molecule has 3 rings (SSSR count). The highest BCUT2D eigenvalue weighted by atomic mass is 15.1. The monoisotopic (exact) mass is 276 g/mol. The van der Waals surface area contributed by atoms with Crippen LogP contribution < -0.4 is 0 Å². The van der Waals surface area contributed by atoms with E-state index in [4.69, 9.17) is 0 Å². The summed E-state index contributed by atoms with van der Waals surface area (Å²) in [6.07, 6.45) is 3.38. The lowest BCUT2D eigenvalue weighted by Gasteiger charge is -2.25. The van der Waals surface area contributed by atoms with Gasteiger partial charge in [-0.3, -0.25) is 15.1 Å². The van der Waals surface area contributed by atoms with Crippen LogP contribution in [0.15, 0.2) is 34.7 Å². The average Bonchev–Trinajstić information content (AvgIpc) is 2.93. The van der Waals surface area contributed by atoms with Crippen molar-refractivity contribution in [2.75, 3.05) is 0 Å². The number of nitrogens with zero attached hydrogens (tertiary/aromatic N) is 5. The molecule has 1 aliphatic heterocycles. The van der Waals surface area contributed by atoms with E-state index in [1.54, 1.807) is 19.3 Å². The van der Waals surface area contributed by atoms with E-state index in [0.29, 0.717) is 22.7 Å². The second-order valence-corrected chi connectivity index (χ2v) is 5.01. The molecule has 0 saturated heterocycles. The van der Waals surface area contributed by atoms with Gasteiger partial charge in [0.25, 0.3) is 0 Å². The fraction of sp³-hybridized carbons (Fsp3) is 0.267. The van der Waals surface area contributed by atoms with Crippen LogP contribution in [0.5, 0.6) is 0 Å². The predicted octanol–water partition coefficient (Wildman–Crippen LogP) is 2.45. The molecule has 0 spiro atoms. The number of rotatable bonds is 1. The summed E-state index contributed by atoms with van der Waals surface area (Å²) in [4.78, 5) is 8.73. The van der Waals surface area contributed by atoms with Gasteiger partial charge < -0.3 is 0 Å². The third kappa shape index (κ3) is 1.98. The summed E-state index contributed by atoms with van der Waals surface area (Å²) in [5, 5.41) is 26.6. The first-order chi connectivity index (χ1) is 10.2. The third-order valence-corrected chi connectivity index (χ3v) is 3.75. The summed E-state index contributed by atoms with van der Waals surface area (Å²) in [6.45, 7) is 3.61. The van der Waals surface area contributed by atoms with Crippen LogP contribution in [0.3, 0.4) is 0 Å². The molecule has 2 atom stereocenters. The summed E-state index contributed by atoms with van der Waals surface area (Å²) in [5.41, 5.74) is 3.39. The number of nitrogens with one attached hydrogen (secondary N) is 1. The molecule has 1 aliphatic rings. The Morgan fingerprint density at radius 1 is 1.24 bits per heavy atom. The highest BCUT2D eigenvalue weighted by molar-refractivity contribution is 5.90. The maximum absolute atomic E-state index is 9.46. The number of aliphatic imine (C=N–C) groups is 1. The van der Waals surface area contributed by atoms with Gasteiger partial charge in [0.05, 0.1) is 58.8 Å². The molecular weight excluding hydrogens is 264 g/mol. The van der Waals surface area contributed by atoms with E-state index in [2.05, 4.69) is 32.3 Å². The van der Waals surface area contributed by atoms with Crippen molar-refractivity contribution in [3.05, 3.63) is 35.4 Å². The second kappa shape index (κ2) is 4.84. The van der Waals surface area contributed by atoms with Gasteiger partial charge in [0.15, 0.2) is 0 Å². The molecule has 0 fully saturated rings. The first-order valence-electron chi connectivity index (χ1n) is 6.50. The fourth-order valence-electron chi connectivity index (χ4n) is 2.69. The van der Waals surface area contributed by atoms with Gasteiger partial charge in [0.1, 0.15) is 0 Å². The lowest BCUT2D eigenvalue weighted by molar-refractivity contribution is 0.684. The van der Waals surface area contributed by atoms with Crippen LogP contribution in [-0.4, -0.2) is 20.9 Å². The minimum atomic E-state index is -0.472. The Morgan fingerprint density at radius 2 is 2.05 bits per heavy atom. The van der Waals surface area contributed by atoms with Crippen molar-refractivity contribution in [1.82, 2.24) is 15.2 Å². The molecule has 0 amide bonds. The second-order valence-electron chi connectivity index (χ2n) is 5.01. The molecule has 3 heterocycles. The maximum atomic E-state index is 9.46. The van der Waals surface area contributed by atoms with Crippen LogP contribution in [0, 0.1) is 28.6 Å². The number of hydrogen-bond donors (Lipinski definition) is 1. The van der Waals surface area contributed by atoms with E-state index < -0.39 is 5.92 Å². The van der Waals surface area contributed by atoms with Crippen LogP contribution in [-0.2, 0) is 0 Å². The third-order valence-electron chi connectivity index (χ3n) is 3.75. The number of allylic oxidation sites excluding steroid dienone is 2. The first-order valence-corrected chi connectivity index (χ1v) is 6.50. The van der Waals surface area contributed by atoms with Crippen molar-refractivity contribution in [3.63, 3.8) is 0 Å². The Hall–Kier alpha value is -2.99. The Kier molecular flexibility index (Phi) is 3.00. The van der Waals surface area contributed by atoms with Crippen LogP contribution in [0.1, 0.15) is 25.5 Å². The molecule has 0 saturated carbocycles. The van der Waals surface area contributed by atoms with Crippen molar-refractivity contribution in [1.29, 1.82) is 10.5 Å². The number of aromatic amines is 1. The molecule has 0 aliphatic carbocycles. The van der Waals surface area contributed by atoms with Gasteiger partial charge in [-0.1, -0.05) is 0 Å². The van der Waals surface area contributed by atoms with E-state index in [-0.39, 0.29) is 5.92 Å². The summed E-state index contributed by atoms with van der Waals surface area (Å²) in [5.74, 6) is -0.850. The van der Waals surface area contributed by atoms with Crippen molar-refractivity contribution >= 4 is 16.6 Å². The minimum absolute atomic E-state index is 0.378. The lowest BCUT2D eigenvalue weighted by atomic mass is 9.79. The molecule has 6 nitrogen and oxygen atoms in total. The zero-order valence-electron chi connectivity index (χ0n) is 11.6. The predicted molar refractivity (Wildman–Crippen MR) is 77.2 cm³/mol. The highest BCUT2D eigenvalue weighted by Gasteiger charge is 2.34. The van der Waals surface area contributed by atoms with E-state index in [1.165, 1.54) is 0 Å². The maximum Gasteiger partial charge on any atom is 0.0974 e. The Labute approximate surface area is 121 Å². The minimum Gasteiger partial charge on any atom is -0.276 e. The molecule has 0 bridgehead atoms. The highest BCUT2D eigenvalue weighted by Crippen LogP contribution is 2.37. The topological polar surface area (TPSA) is 102 Å². The molecule has 2 unspecified atom stereocenters. The number of hydrogen-bond acceptors (Lipinski definition) is 5. The summed E-state index contributed by atoms with van der Waals surface area (Å²) in [6, 6.07) is 6.31. The van der Waals surface area contributed by atoms with E-state index >= 15 is 0 Å². The molecule has 21 heavy (non-hydrogen) atoms. The smallest absolute Gasteiger partial charge is 0.0974 e. The Morgan fingerprint density at radius 3 is 2.76 bits per heavy atom. The molecular formula is C15H12N6. The SMILES string of the molecule is CC1=NC(C)=C(C#N)C(c2cc3cn[nH]c3cn2)C1C#N. The van der Waals surface area contributed by atoms with Crippen molar-refractivity contribution in [2.45, 2.75) is 19.8 Å². The van der Waals surface area contributed by atoms with E-state index in [1.807, 2.05) is 13.0 Å². The van der Waals surface area contributed by atoms with Gasteiger partial charge in [-0.25, -0.2) is 0 Å². The summed E-state index contributed by atoms with van der Waals surface area (Å²) >= 11 is 0. The van der Waals surface area contributed by atoms with Gasteiger partial charge >= 0.3 is 0 Å². The van der Waals surface area contributed by atoms with Crippen molar-refractivity contribution in [3.8, 4) is 12.1 Å². The van der Waals surface area contributed by atoms with Gasteiger partial charge in [-0.05, 0) is 19.9 Å². The average molecular weight is 276 g/mol. The van der Waals surface area contributed by atoms with Crippen LogP contribution in [0.25, 0.3) is 10.9 Å². The van der Waals surface area contributed by atoms with Gasteiger partial charge in [-0.15, -0.1) is 0 Å². The number of H-pyrrole nitrogens is 1. The molecule has 2 aromatic rings. The largest absolute Gasteiger partial charge is 0.276 e. The summed E-state index contributed by atoms with van der Waals surface area (Å²) < 4.78 is 0. The van der Waals surface area contributed by atoms with E-state index in [9.17, 15) is 10.5 Å². The molecule has 0 radical (unpaired) electrons. The van der Waals surface area contributed by atoms with E-state index in [0.717, 1.165) is 10.9 Å². The van der Waals surface area contributed by atoms with Crippen molar-refractivity contribution < 1.29 is 0 Å². The quantitative estimate of drug-likeness (QED) is 0.864. The standard InChI is InChI=1S/C15H12N6/c1-8-11(4-16)15(12(5-17)9(2)20-8)13-3-10-6-19-21-14(10)7-18-13/h3,6-7,11,15H,1-2H3,(H,19,21). The zero-order valence-corrected chi connectivity index (χ0v) is 11.6. The fourth-order valence-corrected chi connectivity index (χ4v) is 2.69.